The summed E-state index contributed by atoms with van der Waals surface area (Å²) in [5, 5.41) is 0. The molecule has 0 bridgehead atoms. The number of H-pyrrole nitrogens is 1. The lowest BCUT2D eigenvalue weighted by Gasteiger charge is -2.31. The zero-order valence-corrected chi connectivity index (χ0v) is 17.3. The van der Waals surface area contributed by atoms with Crippen LogP contribution in [0.4, 0.5) is 0 Å². The van der Waals surface area contributed by atoms with Crippen molar-refractivity contribution in [1.82, 2.24) is 28.8 Å². The Balaban J connectivity index is 1.27. The van der Waals surface area contributed by atoms with Crippen LogP contribution in [-0.4, -0.2) is 53.6 Å². The highest BCUT2D eigenvalue weighted by atomic mass is 16.2. The SMILES string of the molecule is Cc1ncc2c(=O)[nH]c(CCCC(=O)N3CCC(C(=O)c4cncn4C)CC3)cn12. The minimum atomic E-state index is -0.167. The summed E-state index contributed by atoms with van der Waals surface area (Å²) in [4.78, 5) is 50.2. The number of ketones is 1. The number of hydrogen-bond acceptors (Lipinski definition) is 5. The fourth-order valence-corrected chi connectivity index (χ4v) is 4.09. The second-order valence-corrected chi connectivity index (χ2v) is 7.93. The van der Waals surface area contributed by atoms with Crippen LogP contribution in [0.3, 0.4) is 0 Å². The van der Waals surface area contributed by atoms with Crippen molar-refractivity contribution >= 4 is 17.2 Å². The molecule has 0 saturated carbocycles. The molecular weight excluding hydrogens is 384 g/mol. The van der Waals surface area contributed by atoms with Crippen molar-refractivity contribution in [2.45, 2.75) is 39.0 Å². The first-order valence-electron chi connectivity index (χ1n) is 10.3. The largest absolute Gasteiger partial charge is 0.343 e. The molecule has 3 aromatic heterocycles. The first-order valence-corrected chi connectivity index (χ1v) is 10.3. The van der Waals surface area contributed by atoms with Crippen LogP contribution in [0.2, 0.25) is 0 Å². The van der Waals surface area contributed by atoms with Crippen molar-refractivity contribution in [3.8, 4) is 0 Å². The molecule has 1 fully saturated rings. The zero-order chi connectivity index (χ0) is 21.3. The number of hydrogen-bond donors (Lipinski definition) is 1. The number of imidazole rings is 2. The van der Waals surface area contributed by atoms with Gasteiger partial charge in [0, 0.05) is 44.4 Å². The maximum atomic E-state index is 12.6. The summed E-state index contributed by atoms with van der Waals surface area (Å²) in [5.41, 5.74) is 1.77. The van der Waals surface area contributed by atoms with Gasteiger partial charge in [0.25, 0.3) is 5.56 Å². The van der Waals surface area contributed by atoms with E-state index in [0.717, 1.165) is 11.5 Å². The van der Waals surface area contributed by atoms with Crippen molar-refractivity contribution in [3.05, 3.63) is 52.5 Å². The fraction of sp³-hybridized carbons (Fsp3) is 0.476. The number of Topliss-reactive ketones (excluding diaryl/α,β-unsaturated/α-hetero) is 1. The van der Waals surface area contributed by atoms with Crippen LogP contribution < -0.4 is 5.56 Å². The van der Waals surface area contributed by atoms with Gasteiger partial charge < -0.3 is 14.5 Å². The number of aromatic amines is 1. The molecule has 0 radical (unpaired) electrons. The predicted octanol–water partition coefficient (Wildman–Crippen LogP) is 1.51. The van der Waals surface area contributed by atoms with Crippen LogP contribution in [0.5, 0.6) is 0 Å². The molecule has 9 heteroatoms. The Hall–Kier alpha value is -3.23. The van der Waals surface area contributed by atoms with Gasteiger partial charge in [-0.1, -0.05) is 0 Å². The van der Waals surface area contributed by atoms with Gasteiger partial charge in [-0.25, -0.2) is 9.97 Å². The molecule has 0 unspecified atom stereocenters. The Morgan fingerprint density at radius 1 is 1.23 bits per heavy atom. The van der Waals surface area contributed by atoms with Gasteiger partial charge in [-0.2, -0.15) is 0 Å². The average Bonchev–Trinajstić information content (AvgIpc) is 3.33. The van der Waals surface area contributed by atoms with Gasteiger partial charge in [0.2, 0.25) is 5.91 Å². The standard InChI is InChI=1S/C21H26N6O3/c1-14-23-11-18-21(30)24-16(12-27(14)18)4-3-5-19(28)26-8-6-15(7-9-26)20(29)17-10-22-13-25(17)2/h10-13,15H,3-9H2,1-2H3,(H,24,30). The number of nitrogens with one attached hydrogen (secondary N) is 1. The minimum absolute atomic E-state index is 0.0559. The molecule has 4 rings (SSSR count). The zero-order valence-electron chi connectivity index (χ0n) is 17.3. The number of carbonyl (C=O) groups is 2. The first kappa shape index (κ1) is 20.1. The third kappa shape index (κ3) is 3.92. The summed E-state index contributed by atoms with van der Waals surface area (Å²) < 4.78 is 3.52. The highest BCUT2D eigenvalue weighted by Crippen LogP contribution is 2.22. The summed E-state index contributed by atoms with van der Waals surface area (Å²) in [6.45, 7) is 3.05. The molecule has 0 aliphatic carbocycles. The maximum Gasteiger partial charge on any atom is 0.274 e. The number of nitrogens with zero attached hydrogens (tertiary/aromatic N) is 5. The van der Waals surface area contributed by atoms with E-state index >= 15 is 0 Å². The molecule has 1 aliphatic rings. The van der Waals surface area contributed by atoms with E-state index in [1.165, 1.54) is 0 Å². The molecule has 0 spiro atoms. The highest BCUT2D eigenvalue weighted by Gasteiger charge is 2.28. The molecule has 158 valence electrons. The molecule has 0 atom stereocenters. The van der Waals surface area contributed by atoms with Crippen LogP contribution in [0, 0.1) is 12.8 Å². The van der Waals surface area contributed by atoms with Gasteiger partial charge in [0.1, 0.15) is 17.0 Å². The van der Waals surface area contributed by atoms with Crippen LogP contribution >= 0.6 is 0 Å². The molecule has 9 nitrogen and oxygen atoms in total. The Labute approximate surface area is 173 Å². The summed E-state index contributed by atoms with van der Waals surface area (Å²) in [7, 11) is 1.82. The van der Waals surface area contributed by atoms with Crippen LogP contribution in [0.25, 0.3) is 5.52 Å². The van der Waals surface area contributed by atoms with E-state index in [4.69, 9.17) is 0 Å². The quantitative estimate of drug-likeness (QED) is 0.620. The topological polar surface area (TPSA) is 105 Å². The Kier molecular flexibility index (Phi) is 5.52. The number of piperidine rings is 1. The lowest BCUT2D eigenvalue weighted by Crippen LogP contribution is -2.40. The van der Waals surface area contributed by atoms with Gasteiger partial charge in [-0.3, -0.25) is 18.8 Å². The Bertz CT molecular complexity index is 1130. The Morgan fingerprint density at radius 3 is 2.70 bits per heavy atom. The number of aryl methyl sites for hydroxylation is 3. The van der Waals surface area contributed by atoms with E-state index in [1.54, 1.807) is 27.7 Å². The first-order chi connectivity index (χ1) is 14.4. The average molecular weight is 410 g/mol. The third-order valence-electron chi connectivity index (χ3n) is 5.90. The lowest BCUT2D eigenvalue weighted by atomic mass is 9.91. The molecule has 1 saturated heterocycles. The fourth-order valence-electron chi connectivity index (χ4n) is 4.09. The third-order valence-corrected chi connectivity index (χ3v) is 5.90. The van der Waals surface area contributed by atoms with E-state index in [0.29, 0.717) is 56.4 Å². The highest BCUT2D eigenvalue weighted by molar-refractivity contribution is 5.96. The van der Waals surface area contributed by atoms with Gasteiger partial charge >= 0.3 is 0 Å². The molecule has 1 amide bonds. The summed E-state index contributed by atoms with van der Waals surface area (Å²) in [5.74, 6) is 0.913. The molecule has 30 heavy (non-hydrogen) atoms. The van der Waals surface area contributed by atoms with E-state index in [2.05, 4.69) is 15.0 Å². The summed E-state index contributed by atoms with van der Waals surface area (Å²) >= 11 is 0. The maximum absolute atomic E-state index is 12.6. The number of likely N-dealkylation sites (tertiary alicyclic amines) is 1. The minimum Gasteiger partial charge on any atom is -0.343 e. The van der Waals surface area contributed by atoms with Crippen molar-refractivity contribution < 1.29 is 9.59 Å². The van der Waals surface area contributed by atoms with E-state index in [-0.39, 0.29) is 23.2 Å². The smallest absolute Gasteiger partial charge is 0.274 e. The number of amides is 1. The molecular formula is C21H26N6O3. The number of aromatic nitrogens is 5. The van der Waals surface area contributed by atoms with Gasteiger partial charge in [-0.15, -0.1) is 0 Å². The number of rotatable bonds is 6. The number of fused-ring (bicyclic) bond motifs is 1. The monoisotopic (exact) mass is 410 g/mol. The van der Waals surface area contributed by atoms with Crippen molar-refractivity contribution in [2.24, 2.45) is 13.0 Å². The molecule has 0 aromatic carbocycles. The van der Waals surface area contributed by atoms with Crippen molar-refractivity contribution in [2.75, 3.05) is 13.1 Å². The van der Waals surface area contributed by atoms with Crippen LogP contribution in [0.1, 0.15) is 47.7 Å². The number of carbonyl (C=O) groups excluding carboxylic acids is 2. The molecule has 1 aliphatic heterocycles. The van der Waals surface area contributed by atoms with Crippen LogP contribution in [0.15, 0.2) is 29.7 Å². The van der Waals surface area contributed by atoms with E-state index < -0.39 is 0 Å². The summed E-state index contributed by atoms with van der Waals surface area (Å²) in [6, 6.07) is 0. The van der Waals surface area contributed by atoms with Gasteiger partial charge in [0.05, 0.1) is 18.7 Å². The predicted molar refractivity (Wildman–Crippen MR) is 110 cm³/mol. The lowest BCUT2D eigenvalue weighted by molar-refractivity contribution is -0.132. The van der Waals surface area contributed by atoms with E-state index in [1.807, 2.05) is 25.1 Å². The van der Waals surface area contributed by atoms with Crippen LogP contribution in [-0.2, 0) is 18.3 Å². The normalized spacial score (nSPS) is 15.1. The molecule has 1 N–H and O–H groups in total. The molecule has 3 aromatic rings. The van der Waals surface area contributed by atoms with Crippen molar-refractivity contribution in [1.29, 1.82) is 0 Å². The van der Waals surface area contributed by atoms with Crippen molar-refractivity contribution in [3.63, 3.8) is 0 Å². The van der Waals surface area contributed by atoms with E-state index in [9.17, 15) is 14.4 Å². The van der Waals surface area contributed by atoms with Gasteiger partial charge in [-0.05, 0) is 32.6 Å². The van der Waals surface area contributed by atoms with Gasteiger partial charge in [0.15, 0.2) is 5.78 Å². The summed E-state index contributed by atoms with van der Waals surface area (Å²) in [6.07, 6.45) is 9.72. The second kappa shape index (κ2) is 8.25. The molecule has 4 heterocycles. The Morgan fingerprint density at radius 2 is 2.00 bits per heavy atom. The second-order valence-electron chi connectivity index (χ2n) is 7.93.